The predicted molar refractivity (Wildman–Crippen MR) is 52.4 cm³/mol. The van der Waals surface area contributed by atoms with Gasteiger partial charge in [-0.25, -0.2) is 4.79 Å². The highest BCUT2D eigenvalue weighted by molar-refractivity contribution is 5.93. The molecule has 0 aliphatic carbocycles. The number of hydrogen-bond donors (Lipinski definition) is 1. The minimum atomic E-state index is -0.307. The SMILES string of the molecule is CC(=O)N1CN(C(C)(C)C)CNC1=O. The highest BCUT2D eigenvalue weighted by atomic mass is 16.2. The van der Waals surface area contributed by atoms with Crippen LogP contribution in [0.4, 0.5) is 4.79 Å². The van der Waals surface area contributed by atoms with E-state index < -0.39 is 0 Å². The van der Waals surface area contributed by atoms with Crippen LogP contribution < -0.4 is 5.32 Å². The molecule has 3 amide bonds. The molecular weight excluding hydrogens is 182 g/mol. The summed E-state index contributed by atoms with van der Waals surface area (Å²) in [5.74, 6) is -0.226. The molecule has 5 nitrogen and oxygen atoms in total. The van der Waals surface area contributed by atoms with Gasteiger partial charge in [-0.1, -0.05) is 0 Å². The van der Waals surface area contributed by atoms with Gasteiger partial charge < -0.3 is 5.32 Å². The summed E-state index contributed by atoms with van der Waals surface area (Å²) in [5, 5.41) is 2.66. The lowest BCUT2D eigenvalue weighted by molar-refractivity contribution is -0.129. The highest BCUT2D eigenvalue weighted by Gasteiger charge is 2.31. The molecule has 0 spiro atoms. The number of nitrogens with zero attached hydrogens (tertiary/aromatic N) is 2. The van der Waals surface area contributed by atoms with Gasteiger partial charge in [-0.3, -0.25) is 14.6 Å². The van der Waals surface area contributed by atoms with Crippen molar-refractivity contribution in [2.24, 2.45) is 0 Å². The van der Waals surface area contributed by atoms with Gasteiger partial charge in [-0.05, 0) is 20.8 Å². The summed E-state index contributed by atoms with van der Waals surface area (Å²) in [6.07, 6.45) is 0. The third-order valence-corrected chi connectivity index (χ3v) is 2.31. The number of amides is 3. The largest absolute Gasteiger partial charge is 0.326 e. The van der Waals surface area contributed by atoms with Crippen LogP contribution in [0.15, 0.2) is 0 Å². The first-order valence-corrected chi connectivity index (χ1v) is 4.63. The van der Waals surface area contributed by atoms with Crippen molar-refractivity contribution in [2.45, 2.75) is 33.2 Å². The lowest BCUT2D eigenvalue weighted by atomic mass is 10.1. The van der Waals surface area contributed by atoms with E-state index in [0.717, 1.165) is 0 Å². The Bertz CT molecular complexity index is 257. The molecule has 1 N–H and O–H groups in total. The molecule has 0 saturated carbocycles. The van der Waals surface area contributed by atoms with Gasteiger partial charge in [0.1, 0.15) is 0 Å². The fourth-order valence-electron chi connectivity index (χ4n) is 1.24. The Balaban J connectivity index is 2.72. The Hall–Kier alpha value is -1.10. The third kappa shape index (κ3) is 2.23. The highest BCUT2D eigenvalue weighted by Crippen LogP contribution is 2.15. The van der Waals surface area contributed by atoms with Gasteiger partial charge in [0.15, 0.2) is 0 Å². The van der Waals surface area contributed by atoms with Crippen molar-refractivity contribution in [1.82, 2.24) is 15.1 Å². The van der Waals surface area contributed by atoms with Crippen molar-refractivity contribution in [3.8, 4) is 0 Å². The molecule has 0 radical (unpaired) electrons. The van der Waals surface area contributed by atoms with E-state index in [2.05, 4.69) is 5.32 Å². The normalized spacial score (nSPS) is 19.4. The smallest absolute Gasteiger partial charge is 0.325 e. The zero-order chi connectivity index (χ0) is 10.9. The standard InChI is InChI=1S/C9H17N3O2/c1-7(13)12-6-11(9(2,3)4)5-10-8(12)14/h5-6H2,1-4H3,(H,10,14). The molecule has 1 rings (SSSR count). The Morgan fingerprint density at radius 2 is 2.00 bits per heavy atom. The minimum absolute atomic E-state index is 0.0542. The van der Waals surface area contributed by atoms with Crippen LogP contribution >= 0.6 is 0 Å². The van der Waals surface area contributed by atoms with Crippen LogP contribution in [0.1, 0.15) is 27.7 Å². The van der Waals surface area contributed by atoms with Crippen LogP contribution in [0.25, 0.3) is 0 Å². The molecule has 0 atom stereocenters. The number of nitrogens with one attached hydrogen (secondary N) is 1. The maximum absolute atomic E-state index is 11.3. The number of carbonyl (C=O) groups is 2. The maximum atomic E-state index is 11.3. The Kier molecular flexibility index (Phi) is 2.80. The van der Waals surface area contributed by atoms with E-state index in [-0.39, 0.29) is 17.5 Å². The second kappa shape index (κ2) is 3.57. The number of hydrogen-bond acceptors (Lipinski definition) is 3. The van der Waals surface area contributed by atoms with E-state index in [9.17, 15) is 9.59 Å². The number of imide groups is 1. The van der Waals surface area contributed by atoms with Crippen LogP contribution in [-0.4, -0.2) is 40.6 Å². The molecule has 14 heavy (non-hydrogen) atoms. The Morgan fingerprint density at radius 1 is 1.43 bits per heavy atom. The van der Waals surface area contributed by atoms with E-state index >= 15 is 0 Å². The first kappa shape index (κ1) is 11.0. The van der Waals surface area contributed by atoms with Crippen molar-refractivity contribution in [1.29, 1.82) is 0 Å². The zero-order valence-electron chi connectivity index (χ0n) is 9.13. The van der Waals surface area contributed by atoms with Gasteiger partial charge in [-0.2, -0.15) is 0 Å². The molecule has 1 aliphatic rings. The molecule has 0 aromatic rings. The lowest BCUT2D eigenvalue weighted by Gasteiger charge is -2.41. The summed E-state index contributed by atoms with van der Waals surface area (Å²) in [4.78, 5) is 25.6. The fraction of sp³-hybridized carbons (Fsp3) is 0.778. The zero-order valence-corrected chi connectivity index (χ0v) is 9.13. The second-order valence-corrected chi connectivity index (χ2v) is 4.44. The van der Waals surface area contributed by atoms with Gasteiger partial charge in [0.2, 0.25) is 5.91 Å². The lowest BCUT2D eigenvalue weighted by Crippen LogP contribution is -2.61. The van der Waals surface area contributed by atoms with Crippen LogP contribution in [0, 0.1) is 0 Å². The molecule has 0 bridgehead atoms. The summed E-state index contributed by atoms with van der Waals surface area (Å²) < 4.78 is 0. The summed E-state index contributed by atoms with van der Waals surface area (Å²) in [6, 6.07) is -0.307. The van der Waals surface area contributed by atoms with E-state index in [1.807, 2.05) is 25.7 Å². The molecular formula is C9H17N3O2. The van der Waals surface area contributed by atoms with E-state index in [1.165, 1.54) is 11.8 Å². The molecule has 1 fully saturated rings. The summed E-state index contributed by atoms with van der Waals surface area (Å²) in [6.45, 7) is 8.39. The van der Waals surface area contributed by atoms with Gasteiger partial charge in [-0.15, -0.1) is 0 Å². The van der Waals surface area contributed by atoms with Crippen LogP contribution in [0.5, 0.6) is 0 Å². The van der Waals surface area contributed by atoms with E-state index in [4.69, 9.17) is 0 Å². The quantitative estimate of drug-likeness (QED) is 0.620. The number of rotatable bonds is 0. The summed E-state index contributed by atoms with van der Waals surface area (Å²) in [7, 11) is 0. The molecule has 1 saturated heterocycles. The average molecular weight is 199 g/mol. The molecule has 0 aromatic heterocycles. The molecule has 80 valence electrons. The minimum Gasteiger partial charge on any atom is -0.325 e. The van der Waals surface area contributed by atoms with Crippen LogP contribution in [-0.2, 0) is 4.79 Å². The molecule has 0 unspecified atom stereocenters. The number of carbonyl (C=O) groups excluding carboxylic acids is 2. The Labute approximate surface area is 84.0 Å². The van der Waals surface area contributed by atoms with Gasteiger partial charge >= 0.3 is 6.03 Å². The first-order valence-electron chi connectivity index (χ1n) is 4.63. The topological polar surface area (TPSA) is 52.7 Å². The predicted octanol–water partition coefficient (Wildman–Crippen LogP) is 0.574. The van der Waals surface area contributed by atoms with Crippen molar-refractivity contribution in [3.05, 3.63) is 0 Å². The fourth-order valence-corrected chi connectivity index (χ4v) is 1.24. The Morgan fingerprint density at radius 3 is 2.43 bits per heavy atom. The van der Waals surface area contributed by atoms with Crippen LogP contribution in [0.3, 0.4) is 0 Å². The molecule has 0 aromatic carbocycles. The van der Waals surface area contributed by atoms with Crippen molar-refractivity contribution >= 4 is 11.9 Å². The third-order valence-electron chi connectivity index (χ3n) is 2.31. The monoisotopic (exact) mass is 199 g/mol. The van der Waals surface area contributed by atoms with E-state index in [0.29, 0.717) is 13.3 Å². The second-order valence-electron chi connectivity index (χ2n) is 4.44. The van der Waals surface area contributed by atoms with Gasteiger partial charge in [0, 0.05) is 12.5 Å². The molecule has 1 aliphatic heterocycles. The average Bonchev–Trinajstić information content (AvgIpc) is 2.02. The van der Waals surface area contributed by atoms with Crippen molar-refractivity contribution in [3.63, 3.8) is 0 Å². The van der Waals surface area contributed by atoms with Crippen molar-refractivity contribution in [2.75, 3.05) is 13.3 Å². The molecule has 5 heteroatoms. The van der Waals surface area contributed by atoms with Crippen LogP contribution in [0.2, 0.25) is 0 Å². The summed E-state index contributed by atoms with van der Waals surface area (Å²) >= 11 is 0. The van der Waals surface area contributed by atoms with Crippen molar-refractivity contribution < 1.29 is 9.59 Å². The summed E-state index contributed by atoms with van der Waals surface area (Å²) in [5.41, 5.74) is -0.0542. The maximum Gasteiger partial charge on any atom is 0.326 e. The molecule has 1 heterocycles. The van der Waals surface area contributed by atoms with Gasteiger partial charge in [0.25, 0.3) is 0 Å². The number of urea groups is 1. The first-order chi connectivity index (χ1) is 6.32. The van der Waals surface area contributed by atoms with E-state index in [1.54, 1.807) is 0 Å². The van der Waals surface area contributed by atoms with Gasteiger partial charge in [0.05, 0.1) is 13.3 Å².